The van der Waals surface area contributed by atoms with E-state index in [0.717, 1.165) is 16.6 Å². The number of aromatic hydroxyl groups is 1. The third-order valence-corrected chi connectivity index (χ3v) is 4.14. The van der Waals surface area contributed by atoms with Gasteiger partial charge in [-0.3, -0.25) is 4.79 Å². The van der Waals surface area contributed by atoms with Crippen molar-refractivity contribution in [2.45, 2.75) is 13.8 Å². The molecule has 0 aliphatic rings. The molecule has 0 fully saturated rings. The molecule has 2 N–H and O–H groups in total. The first kappa shape index (κ1) is 17.5. The largest absolute Gasteiger partial charge is 0.497 e. The maximum atomic E-state index is 11.9. The number of benzene rings is 2. The minimum atomic E-state index is -0.557. The molecule has 7 nitrogen and oxygen atoms in total. The third-order valence-electron chi connectivity index (χ3n) is 4.14. The van der Waals surface area contributed by atoms with Crippen molar-refractivity contribution in [2.24, 2.45) is 10.2 Å². The van der Waals surface area contributed by atoms with Crippen molar-refractivity contribution in [3.05, 3.63) is 47.5 Å². The summed E-state index contributed by atoms with van der Waals surface area (Å²) in [6.45, 7) is 3.67. The van der Waals surface area contributed by atoms with Crippen LogP contribution in [0.4, 0.5) is 5.69 Å². The monoisotopic (exact) mass is 353 g/mol. The lowest BCUT2D eigenvalue weighted by atomic mass is 10.1. The molecule has 0 unspecified atom stereocenters. The van der Waals surface area contributed by atoms with Crippen molar-refractivity contribution < 1.29 is 19.4 Å². The number of azo groups is 1. The highest BCUT2D eigenvalue weighted by atomic mass is 16.5. The number of carbonyl (C=O) groups is 1. The Balaban J connectivity index is 1.71. The summed E-state index contributed by atoms with van der Waals surface area (Å²) in [7, 11) is 1.57. The molecule has 0 atom stereocenters. The predicted octanol–water partition coefficient (Wildman–Crippen LogP) is 4.19. The molecule has 0 aliphatic heterocycles. The minimum absolute atomic E-state index is 0.124. The third kappa shape index (κ3) is 3.51. The number of H-pyrrole nitrogens is 1. The number of hydrogen-bond acceptors (Lipinski definition) is 5. The molecule has 26 heavy (non-hydrogen) atoms. The molecule has 3 rings (SSSR count). The fourth-order valence-corrected chi connectivity index (χ4v) is 2.53. The Kier molecular flexibility index (Phi) is 4.88. The summed E-state index contributed by atoms with van der Waals surface area (Å²) in [6, 6.07) is 10.6. The molecule has 1 amide bonds. The van der Waals surface area contributed by atoms with Crippen LogP contribution in [0.5, 0.6) is 17.4 Å². The number of ether oxygens (including phenoxy) is 2. The lowest BCUT2D eigenvalue weighted by molar-refractivity contribution is -0.120. The molecule has 0 aliphatic carbocycles. The first-order chi connectivity index (χ1) is 12.5. The topological polar surface area (TPSA) is 96.3 Å². The van der Waals surface area contributed by atoms with Gasteiger partial charge in [-0.1, -0.05) is 12.1 Å². The Morgan fingerprint density at radius 1 is 1.12 bits per heavy atom. The SMILES string of the molecule is COc1ccc(OCC(=O)N=Nc2c(O)[nH]c3c(C)c(C)ccc23)cc1. The van der Waals surface area contributed by atoms with E-state index in [0.29, 0.717) is 16.9 Å². The molecule has 7 heteroatoms. The van der Waals surface area contributed by atoms with E-state index < -0.39 is 5.91 Å². The Labute approximate surface area is 150 Å². The van der Waals surface area contributed by atoms with E-state index in [1.165, 1.54) is 0 Å². The van der Waals surface area contributed by atoms with Crippen LogP contribution >= 0.6 is 0 Å². The van der Waals surface area contributed by atoms with Crippen LogP contribution in [0.2, 0.25) is 0 Å². The number of methoxy groups -OCH3 is 1. The molecule has 1 heterocycles. The van der Waals surface area contributed by atoms with Crippen molar-refractivity contribution in [3.8, 4) is 17.4 Å². The lowest BCUT2D eigenvalue weighted by Gasteiger charge is -2.04. The second-order valence-corrected chi connectivity index (χ2v) is 5.81. The van der Waals surface area contributed by atoms with E-state index in [-0.39, 0.29) is 18.2 Å². The van der Waals surface area contributed by atoms with Gasteiger partial charge in [0.1, 0.15) is 11.5 Å². The van der Waals surface area contributed by atoms with Gasteiger partial charge in [-0.05, 0) is 49.2 Å². The highest BCUT2D eigenvalue weighted by Gasteiger charge is 2.13. The predicted molar refractivity (Wildman–Crippen MR) is 97.4 cm³/mol. The van der Waals surface area contributed by atoms with Gasteiger partial charge in [0.2, 0.25) is 5.88 Å². The first-order valence-corrected chi connectivity index (χ1v) is 8.02. The molecule has 0 spiro atoms. The molecule has 3 aromatic rings. The van der Waals surface area contributed by atoms with Gasteiger partial charge < -0.3 is 19.6 Å². The zero-order valence-electron chi connectivity index (χ0n) is 14.7. The highest BCUT2D eigenvalue weighted by Crippen LogP contribution is 2.37. The highest BCUT2D eigenvalue weighted by molar-refractivity contribution is 5.96. The number of aromatic nitrogens is 1. The van der Waals surface area contributed by atoms with E-state index in [1.807, 2.05) is 26.0 Å². The van der Waals surface area contributed by atoms with Crippen molar-refractivity contribution >= 4 is 22.5 Å². The van der Waals surface area contributed by atoms with Gasteiger partial charge in [0.15, 0.2) is 12.3 Å². The Bertz CT molecular complexity index is 975. The van der Waals surface area contributed by atoms with Crippen molar-refractivity contribution in [3.63, 3.8) is 0 Å². The lowest BCUT2D eigenvalue weighted by Crippen LogP contribution is -2.07. The second kappa shape index (κ2) is 7.26. The summed E-state index contributed by atoms with van der Waals surface area (Å²) in [5.74, 6) is 0.541. The number of amides is 1. The maximum Gasteiger partial charge on any atom is 0.302 e. The zero-order valence-corrected chi connectivity index (χ0v) is 14.7. The fraction of sp³-hybridized carbons (Fsp3) is 0.211. The van der Waals surface area contributed by atoms with Crippen molar-refractivity contribution in [1.29, 1.82) is 0 Å². The minimum Gasteiger partial charge on any atom is -0.497 e. The van der Waals surface area contributed by atoms with Crippen LogP contribution in [0.1, 0.15) is 11.1 Å². The van der Waals surface area contributed by atoms with E-state index >= 15 is 0 Å². The molecule has 0 saturated carbocycles. The van der Waals surface area contributed by atoms with Gasteiger partial charge in [-0.15, -0.1) is 10.2 Å². The normalized spacial score (nSPS) is 11.2. The smallest absolute Gasteiger partial charge is 0.302 e. The number of rotatable bonds is 5. The van der Waals surface area contributed by atoms with Gasteiger partial charge in [-0.2, -0.15) is 0 Å². The Morgan fingerprint density at radius 2 is 1.81 bits per heavy atom. The van der Waals surface area contributed by atoms with Gasteiger partial charge in [0.25, 0.3) is 0 Å². The van der Waals surface area contributed by atoms with Gasteiger partial charge in [0.05, 0.1) is 12.6 Å². The van der Waals surface area contributed by atoms with Crippen LogP contribution in [0, 0.1) is 13.8 Å². The van der Waals surface area contributed by atoms with E-state index in [9.17, 15) is 9.90 Å². The molecule has 1 aromatic heterocycles. The summed E-state index contributed by atoms with van der Waals surface area (Å²) < 4.78 is 10.4. The molecule has 0 bridgehead atoms. The first-order valence-electron chi connectivity index (χ1n) is 8.02. The number of nitrogens with zero attached hydrogens (tertiary/aromatic N) is 2. The standard InChI is InChI=1S/C19H19N3O4/c1-11-4-9-15-17(12(11)2)20-19(24)18(15)22-21-16(23)10-26-14-7-5-13(25-3)6-8-14/h4-9,20,24H,10H2,1-3H3. The van der Waals surface area contributed by atoms with Crippen molar-refractivity contribution in [2.75, 3.05) is 13.7 Å². The number of fused-ring (bicyclic) bond motifs is 1. The summed E-state index contributed by atoms with van der Waals surface area (Å²) in [5.41, 5.74) is 3.11. The van der Waals surface area contributed by atoms with Crippen LogP contribution in [0.25, 0.3) is 10.9 Å². The van der Waals surface area contributed by atoms with Crippen LogP contribution < -0.4 is 9.47 Å². The van der Waals surface area contributed by atoms with Crippen LogP contribution in [0.3, 0.4) is 0 Å². The Morgan fingerprint density at radius 3 is 2.50 bits per heavy atom. The quantitative estimate of drug-likeness (QED) is 0.672. The summed E-state index contributed by atoms with van der Waals surface area (Å²) in [6.07, 6.45) is 0. The van der Waals surface area contributed by atoms with E-state index in [2.05, 4.69) is 15.2 Å². The molecule has 0 saturated heterocycles. The number of hydrogen-bond donors (Lipinski definition) is 2. The molecular formula is C19H19N3O4. The zero-order chi connectivity index (χ0) is 18.7. The van der Waals surface area contributed by atoms with Gasteiger partial charge >= 0.3 is 5.91 Å². The summed E-state index contributed by atoms with van der Waals surface area (Å²) >= 11 is 0. The second-order valence-electron chi connectivity index (χ2n) is 5.81. The van der Waals surface area contributed by atoms with Gasteiger partial charge in [-0.25, -0.2) is 0 Å². The molecule has 2 aromatic carbocycles. The van der Waals surface area contributed by atoms with Crippen molar-refractivity contribution in [1.82, 2.24) is 4.98 Å². The van der Waals surface area contributed by atoms with Crippen LogP contribution in [-0.2, 0) is 4.79 Å². The maximum absolute atomic E-state index is 11.9. The number of aromatic amines is 1. The van der Waals surface area contributed by atoms with E-state index in [1.54, 1.807) is 31.4 Å². The molecular weight excluding hydrogens is 334 g/mol. The average Bonchev–Trinajstić information content (AvgIpc) is 2.98. The van der Waals surface area contributed by atoms with Crippen LogP contribution in [0.15, 0.2) is 46.6 Å². The average molecular weight is 353 g/mol. The number of carbonyl (C=O) groups excluding carboxylic acids is 1. The van der Waals surface area contributed by atoms with E-state index in [4.69, 9.17) is 9.47 Å². The summed E-state index contributed by atoms with van der Waals surface area (Å²) in [4.78, 5) is 14.8. The molecule has 0 radical (unpaired) electrons. The molecule has 134 valence electrons. The van der Waals surface area contributed by atoms with Gasteiger partial charge in [0, 0.05) is 5.39 Å². The number of aryl methyl sites for hydroxylation is 2. The Hall–Kier alpha value is -3.35. The van der Waals surface area contributed by atoms with Crippen LogP contribution in [-0.4, -0.2) is 29.7 Å². The number of nitrogens with one attached hydrogen (secondary N) is 1. The fourth-order valence-electron chi connectivity index (χ4n) is 2.53. The summed E-state index contributed by atoms with van der Waals surface area (Å²) in [5, 5.41) is 18.3.